The molecule has 6 heteroatoms. The van der Waals surface area contributed by atoms with Gasteiger partial charge < -0.3 is 4.57 Å². The fraction of sp³-hybridized carbons (Fsp3) is 0.500. The van der Waals surface area contributed by atoms with Gasteiger partial charge in [0.1, 0.15) is 0 Å². The van der Waals surface area contributed by atoms with E-state index < -0.39 is 0 Å². The Labute approximate surface area is 115 Å². The van der Waals surface area contributed by atoms with Gasteiger partial charge in [0.2, 0.25) is 0 Å². The first kappa shape index (κ1) is 13.4. The molecule has 0 bridgehead atoms. The van der Waals surface area contributed by atoms with Crippen LogP contribution in [0.2, 0.25) is 0 Å². The van der Waals surface area contributed by atoms with Crippen LogP contribution in [0.25, 0.3) is 0 Å². The predicted molar refractivity (Wildman–Crippen MR) is 74.3 cm³/mol. The molecular weight excluding hydrogens is 270 g/mol. The molecule has 0 saturated carbocycles. The van der Waals surface area contributed by atoms with E-state index in [9.17, 15) is 4.79 Å². The number of unbranched alkanes of at least 4 members (excludes halogenated alkanes) is 1. The Hall–Kier alpha value is -1.07. The van der Waals surface area contributed by atoms with Crippen LogP contribution in [-0.4, -0.2) is 14.1 Å². The summed E-state index contributed by atoms with van der Waals surface area (Å²) in [6.07, 6.45) is 6.60. The van der Waals surface area contributed by atoms with E-state index in [4.69, 9.17) is 11.6 Å². The van der Waals surface area contributed by atoms with Gasteiger partial charge >= 0.3 is 5.69 Å². The van der Waals surface area contributed by atoms with Crippen molar-refractivity contribution in [2.24, 2.45) is 7.05 Å². The zero-order valence-corrected chi connectivity index (χ0v) is 11.9. The van der Waals surface area contributed by atoms with E-state index >= 15 is 0 Å². The Morgan fingerprint density at radius 1 is 1.39 bits per heavy atom. The van der Waals surface area contributed by atoms with Crippen LogP contribution in [0.4, 0.5) is 0 Å². The van der Waals surface area contributed by atoms with E-state index in [0.29, 0.717) is 5.88 Å². The molecule has 0 saturated heterocycles. The van der Waals surface area contributed by atoms with Gasteiger partial charge in [-0.25, -0.2) is 9.78 Å². The van der Waals surface area contributed by atoms with Crippen LogP contribution in [0.1, 0.15) is 23.5 Å². The average Bonchev–Trinajstić information content (AvgIpc) is 2.95. The minimum absolute atomic E-state index is 0.0497. The largest absolute Gasteiger partial charge is 0.327 e. The summed E-state index contributed by atoms with van der Waals surface area (Å²) in [6, 6.07) is 0. The molecule has 0 atom stereocenters. The van der Waals surface area contributed by atoms with E-state index in [1.807, 2.05) is 11.6 Å². The van der Waals surface area contributed by atoms with Crippen molar-refractivity contribution in [1.29, 1.82) is 0 Å². The Bertz CT molecular complexity index is 558. The van der Waals surface area contributed by atoms with Gasteiger partial charge in [-0.3, -0.25) is 4.57 Å². The Morgan fingerprint density at radius 2 is 2.22 bits per heavy atom. The summed E-state index contributed by atoms with van der Waals surface area (Å²) >= 11 is 7.36. The summed E-state index contributed by atoms with van der Waals surface area (Å²) in [7, 11) is 1.77. The number of hydrogen-bond donors (Lipinski definition) is 0. The fourth-order valence-corrected chi connectivity index (χ4v) is 2.83. The van der Waals surface area contributed by atoms with Gasteiger partial charge in [0.05, 0.1) is 16.6 Å². The molecule has 2 aromatic heterocycles. The summed E-state index contributed by atoms with van der Waals surface area (Å²) < 4.78 is 3.33. The molecule has 98 valence electrons. The topological polar surface area (TPSA) is 39.8 Å². The van der Waals surface area contributed by atoms with Crippen LogP contribution in [0.15, 0.2) is 22.6 Å². The predicted octanol–water partition coefficient (Wildman–Crippen LogP) is 2.41. The summed E-state index contributed by atoms with van der Waals surface area (Å²) in [6.45, 7) is 0.771. The first-order chi connectivity index (χ1) is 8.70. The number of nitrogens with zero attached hydrogens (tertiary/aromatic N) is 3. The van der Waals surface area contributed by atoms with Crippen LogP contribution in [0.5, 0.6) is 0 Å². The van der Waals surface area contributed by atoms with Crippen molar-refractivity contribution in [1.82, 2.24) is 14.1 Å². The van der Waals surface area contributed by atoms with Crippen LogP contribution in [-0.2, 0) is 25.9 Å². The summed E-state index contributed by atoms with van der Waals surface area (Å²) in [5, 5.41) is 3.13. The average molecular weight is 286 g/mol. The number of rotatable bonds is 6. The van der Waals surface area contributed by atoms with E-state index in [0.717, 1.165) is 36.5 Å². The number of aromatic nitrogens is 3. The lowest BCUT2D eigenvalue weighted by Crippen LogP contribution is -2.21. The van der Waals surface area contributed by atoms with Crippen molar-refractivity contribution in [2.45, 2.75) is 31.7 Å². The Kier molecular flexibility index (Phi) is 4.60. The van der Waals surface area contributed by atoms with Crippen LogP contribution < -0.4 is 5.69 Å². The lowest BCUT2D eigenvalue weighted by molar-refractivity contribution is 0.584. The molecule has 0 amide bonds. The van der Waals surface area contributed by atoms with Crippen molar-refractivity contribution in [2.75, 3.05) is 0 Å². The van der Waals surface area contributed by atoms with Gasteiger partial charge in [-0.2, -0.15) is 0 Å². The molecule has 0 aromatic carbocycles. The third kappa shape index (κ3) is 3.23. The molecule has 2 rings (SSSR count). The molecule has 0 aliphatic rings. The van der Waals surface area contributed by atoms with E-state index in [1.54, 1.807) is 33.7 Å². The lowest BCUT2D eigenvalue weighted by atomic mass is 10.2. The number of thiazole rings is 1. The Morgan fingerprint density at radius 3 is 2.83 bits per heavy atom. The highest BCUT2D eigenvalue weighted by molar-refractivity contribution is 7.09. The molecule has 2 aromatic rings. The third-order valence-corrected chi connectivity index (χ3v) is 4.02. The molecule has 2 heterocycles. The second kappa shape index (κ2) is 6.20. The summed E-state index contributed by atoms with van der Waals surface area (Å²) in [4.78, 5) is 16.0. The molecule has 0 unspecified atom stereocenters. The first-order valence-electron chi connectivity index (χ1n) is 5.91. The highest BCUT2D eigenvalue weighted by atomic mass is 35.5. The van der Waals surface area contributed by atoms with Crippen molar-refractivity contribution < 1.29 is 0 Å². The maximum absolute atomic E-state index is 11.6. The summed E-state index contributed by atoms with van der Waals surface area (Å²) in [5.41, 5.74) is 1.00. The highest BCUT2D eigenvalue weighted by Gasteiger charge is 2.02. The normalized spacial score (nSPS) is 11.0. The fourth-order valence-electron chi connectivity index (χ4n) is 1.76. The maximum atomic E-state index is 11.6. The van der Waals surface area contributed by atoms with Gasteiger partial charge in [-0.15, -0.1) is 22.9 Å². The number of halogens is 1. The Balaban J connectivity index is 1.76. The van der Waals surface area contributed by atoms with E-state index in [2.05, 4.69) is 4.98 Å². The smallest absolute Gasteiger partial charge is 0.302 e. The van der Waals surface area contributed by atoms with Crippen molar-refractivity contribution >= 4 is 22.9 Å². The SMILES string of the molecule is Cn1ccn(CCCCc2nc(CCl)cs2)c1=O. The number of aryl methyl sites for hydroxylation is 3. The highest BCUT2D eigenvalue weighted by Crippen LogP contribution is 2.14. The standard InChI is InChI=1S/C12H16ClN3OS/c1-15-6-7-16(12(15)17)5-3-2-4-11-14-10(8-13)9-18-11/h6-7,9H,2-5,8H2,1H3. The minimum atomic E-state index is 0.0497. The van der Waals surface area contributed by atoms with Crippen molar-refractivity contribution in [3.63, 3.8) is 0 Å². The van der Waals surface area contributed by atoms with Crippen LogP contribution in [0, 0.1) is 0 Å². The molecular formula is C12H16ClN3OS. The molecule has 0 spiro atoms. The van der Waals surface area contributed by atoms with Gasteiger partial charge in [-0.05, 0) is 19.3 Å². The molecule has 0 aliphatic heterocycles. The first-order valence-corrected chi connectivity index (χ1v) is 7.33. The van der Waals surface area contributed by atoms with Gasteiger partial charge in [-0.1, -0.05) is 0 Å². The number of alkyl halides is 1. The zero-order chi connectivity index (χ0) is 13.0. The lowest BCUT2D eigenvalue weighted by Gasteiger charge is -2.00. The van der Waals surface area contributed by atoms with E-state index in [-0.39, 0.29) is 5.69 Å². The zero-order valence-electron chi connectivity index (χ0n) is 10.3. The van der Waals surface area contributed by atoms with Crippen LogP contribution >= 0.6 is 22.9 Å². The quantitative estimate of drug-likeness (QED) is 0.604. The minimum Gasteiger partial charge on any atom is -0.302 e. The van der Waals surface area contributed by atoms with Crippen molar-refractivity contribution in [3.8, 4) is 0 Å². The third-order valence-electron chi connectivity index (χ3n) is 2.79. The molecule has 0 radical (unpaired) electrons. The number of hydrogen-bond acceptors (Lipinski definition) is 3. The van der Waals surface area contributed by atoms with Crippen molar-refractivity contribution in [3.05, 3.63) is 39.0 Å². The van der Waals surface area contributed by atoms with Crippen LogP contribution in [0.3, 0.4) is 0 Å². The second-order valence-corrected chi connectivity index (χ2v) is 5.42. The maximum Gasteiger partial charge on any atom is 0.327 e. The monoisotopic (exact) mass is 285 g/mol. The molecule has 0 fully saturated rings. The van der Waals surface area contributed by atoms with E-state index in [1.165, 1.54) is 0 Å². The number of imidazole rings is 1. The van der Waals surface area contributed by atoms with Gasteiger partial charge in [0.15, 0.2) is 0 Å². The molecule has 0 aliphatic carbocycles. The second-order valence-electron chi connectivity index (χ2n) is 4.21. The molecule has 18 heavy (non-hydrogen) atoms. The molecule has 4 nitrogen and oxygen atoms in total. The molecule has 0 N–H and O–H groups in total. The van der Waals surface area contributed by atoms with Gasteiger partial charge in [0.25, 0.3) is 0 Å². The van der Waals surface area contributed by atoms with Gasteiger partial charge in [0, 0.05) is 31.4 Å². The summed E-state index contributed by atoms with van der Waals surface area (Å²) in [5.74, 6) is 0.482.